The Kier molecular flexibility index (Phi) is 2.66. The Morgan fingerprint density at radius 2 is 1.20 bits per heavy atom. The van der Waals surface area contributed by atoms with Crippen molar-refractivity contribution in [2.75, 3.05) is 0 Å². The second-order valence-electron chi connectivity index (χ2n) is 2.81. The van der Waals surface area contributed by atoms with Crippen LogP contribution in [0.3, 0.4) is 0 Å². The predicted molar refractivity (Wildman–Crippen MR) is 56.5 cm³/mol. The van der Waals surface area contributed by atoms with E-state index in [4.69, 9.17) is 0 Å². The van der Waals surface area contributed by atoms with Crippen molar-refractivity contribution in [1.29, 1.82) is 0 Å². The Balaban J connectivity index is 3.09. The molecule has 55 valence electrons. The van der Waals surface area contributed by atoms with Gasteiger partial charge in [-0.2, -0.15) is 0 Å². The number of hydrogen-bond donors (Lipinski definition) is 0. The molecule has 0 atom stereocenters. The first-order chi connectivity index (χ1) is 4.55. The molecule has 1 aliphatic heterocycles. The average molecular weight is 308 g/mol. The van der Waals surface area contributed by atoms with Crippen molar-refractivity contribution in [3.05, 3.63) is 20.0 Å². The van der Waals surface area contributed by atoms with Crippen molar-refractivity contribution in [1.82, 2.24) is 0 Å². The molecule has 0 aromatic heterocycles. The first-order valence-corrected chi connectivity index (χ1v) is 11.9. The molecule has 0 spiro atoms. The number of hydrogen-bond acceptors (Lipinski definition) is 0. The van der Waals surface area contributed by atoms with Crippen LogP contribution in [0.15, 0.2) is 20.0 Å². The van der Waals surface area contributed by atoms with Crippen LogP contribution in [0.2, 0.25) is 0 Å². The van der Waals surface area contributed by atoms with E-state index in [1.807, 2.05) is 0 Å². The fraction of sp³-hybridized carbons (Fsp3) is 0.500. The Bertz CT molecular complexity index is 201. The third-order valence-electron chi connectivity index (χ3n) is 2.35. The van der Waals surface area contributed by atoms with Gasteiger partial charge in [0.1, 0.15) is 0 Å². The monoisotopic (exact) mass is 309 g/mol. The normalized spacial score (nSPS) is 21.3. The van der Waals surface area contributed by atoms with Crippen LogP contribution in [-0.4, -0.2) is 11.0 Å². The fourth-order valence-electron chi connectivity index (χ4n) is 1.17. The van der Waals surface area contributed by atoms with Crippen molar-refractivity contribution >= 4 is 31.3 Å². The molecule has 0 N–H and O–H groups in total. The van der Waals surface area contributed by atoms with Crippen LogP contribution in [0, 0.1) is 0 Å². The Morgan fingerprint density at radius 1 is 0.900 bits per heavy atom. The van der Waals surface area contributed by atoms with E-state index in [2.05, 4.69) is 47.9 Å². The van der Waals surface area contributed by atoms with Crippen LogP contribution in [0.4, 0.5) is 0 Å². The SMILES string of the molecule is CC1=[C](C)[Ge]([I])[C](C)=C1C. The molecule has 0 aliphatic carbocycles. The average Bonchev–Trinajstić information content (AvgIpc) is 2.07. The van der Waals surface area contributed by atoms with Crippen molar-refractivity contribution < 1.29 is 0 Å². The zero-order valence-corrected chi connectivity index (χ0v) is 11.1. The number of allylic oxidation sites excluding steroid dienone is 4. The summed E-state index contributed by atoms with van der Waals surface area (Å²) in [5.74, 6) is 0. The molecule has 10 heavy (non-hydrogen) atoms. The van der Waals surface area contributed by atoms with Gasteiger partial charge in [0, 0.05) is 0 Å². The molecule has 1 rings (SSSR count). The van der Waals surface area contributed by atoms with Gasteiger partial charge in [0.15, 0.2) is 0 Å². The van der Waals surface area contributed by atoms with Gasteiger partial charge in [-0.15, -0.1) is 0 Å². The molecular weight excluding hydrogens is 296 g/mol. The van der Waals surface area contributed by atoms with E-state index in [0.29, 0.717) is 0 Å². The van der Waals surface area contributed by atoms with Crippen LogP contribution < -0.4 is 0 Å². The Labute approximate surface area is 78.5 Å². The summed E-state index contributed by atoms with van der Waals surface area (Å²) in [4.78, 5) is 0. The van der Waals surface area contributed by atoms with E-state index in [0.717, 1.165) is 0 Å². The molecule has 0 saturated heterocycles. The van der Waals surface area contributed by atoms with E-state index in [9.17, 15) is 0 Å². The maximum absolute atomic E-state index is 2.67. The Morgan fingerprint density at radius 3 is 1.30 bits per heavy atom. The molecule has 0 nitrogen and oxygen atoms in total. The molecular formula is C8H12GeI. The van der Waals surface area contributed by atoms with E-state index in [1.165, 1.54) is 0 Å². The van der Waals surface area contributed by atoms with Crippen LogP contribution >= 0.6 is 20.2 Å². The number of halogens is 1. The van der Waals surface area contributed by atoms with Gasteiger partial charge in [-0.25, -0.2) is 0 Å². The number of rotatable bonds is 0. The molecule has 0 bridgehead atoms. The topological polar surface area (TPSA) is 0 Å². The molecule has 0 saturated carbocycles. The minimum absolute atomic E-state index is 0.882. The minimum atomic E-state index is -0.882. The van der Waals surface area contributed by atoms with Crippen molar-refractivity contribution in [3.8, 4) is 0 Å². The third-order valence-corrected chi connectivity index (χ3v) is 15.1. The van der Waals surface area contributed by atoms with Crippen molar-refractivity contribution in [2.45, 2.75) is 27.7 Å². The van der Waals surface area contributed by atoms with Gasteiger partial charge in [0.05, 0.1) is 0 Å². The fourth-order valence-corrected chi connectivity index (χ4v) is 8.73. The second kappa shape index (κ2) is 3.01. The van der Waals surface area contributed by atoms with Gasteiger partial charge >= 0.3 is 78.9 Å². The molecule has 2 heteroatoms. The zero-order valence-electron chi connectivity index (χ0n) is 6.88. The molecule has 1 heterocycles. The second-order valence-corrected chi connectivity index (χ2v) is 12.9. The summed E-state index contributed by atoms with van der Waals surface area (Å²) in [6.45, 7) is 9.12. The van der Waals surface area contributed by atoms with Gasteiger partial charge in [0.2, 0.25) is 0 Å². The molecule has 0 aromatic carbocycles. The summed E-state index contributed by atoms with van der Waals surface area (Å²) in [6.07, 6.45) is 0. The first kappa shape index (κ1) is 8.85. The molecule has 1 aliphatic rings. The summed E-state index contributed by atoms with van der Waals surface area (Å²) in [5.41, 5.74) is 3.14. The first-order valence-electron chi connectivity index (χ1n) is 3.44. The summed E-state index contributed by atoms with van der Waals surface area (Å²) in [6, 6.07) is 0. The Hall–Kier alpha value is 0.753. The van der Waals surface area contributed by atoms with Crippen LogP contribution in [-0.2, 0) is 0 Å². The predicted octanol–water partition coefficient (Wildman–Crippen LogP) is 3.18. The molecule has 1 radical (unpaired) electrons. The molecule has 0 aromatic rings. The van der Waals surface area contributed by atoms with Crippen molar-refractivity contribution in [2.24, 2.45) is 0 Å². The van der Waals surface area contributed by atoms with E-state index in [-0.39, 0.29) is 0 Å². The van der Waals surface area contributed by atoms with Gasteiger partial charge < -0.3 is 0 Å². The van der Waals surface area contributed by atoms with Crippen LogP contribution in [0.1, 0.15) is 27.7 Å². The summed E-state index contributed by atoms with van der Waals surface area (Å²) >= 11 is 1.78. The summed E-state index contributed by atoms with van der Waals surface area (Å²) in [5, 5.41) is 0. The molecule has 0 unspecified atom stereocenters. The van der Waals surface area contributed by atoms with Gasteiger partial charge in [-0.1, -0.05) is 0 Å². The van der Waals surface area contributed by atoms with Crippen LogP contribution in [0.5, 0.6) is 0 Å². The quantitative estimate of drug-likeness (QED) is 0.476. The maximum atomic E-state index is 2.67. The van der Waals surface area contributed by atoms with Crippen molar-refractivity contribution in [3.63, 3.8) is 0 Å². The molecule has 0 fully saturated rings. The van der Waals surface area contributed by atoms with E-state index < -0.39 is 11.0 Å². The molecule has 0 amide bonds. The van der Waals surface area contributed by atoms with E-state index >= 15 is 0 Å². The van der Waals surface area contributed by atoms with E-state index in [1.54, 1.807) is 20.0 Å². The standard InChI is InChI=1S/C8H12GeI/c1-5-6(2)8(4)9(10)7(5)3/h1-4H3. The summed E-state index contributed by atoms with van der Waals surface area (Å²) < 4.78 is 3.41. The van der Waals surface area contributed by atoms with Crippen LogP contribution in [0.25, 0.3) is 0 Å². The zero-order chi connectivity index (χ0) is 7.89. The van der Waals surface area contributed by atoms with Gasteiger partial charge in [0.25, 0.3) is 0 Å². The van der Waals surface area contributed by atoms with Gasteiger partial charge in [-0.05, 0) is 0 Å². The third kappa shape index (κ3) is 1.22. The summed E-state index contributed by atoms with van der Waals surface area (Å²) in [7, 11) is 0. The van der Waals surface area contributed by atoms with Gasteiger partial charge in [-0.3, -0.25) is 0 Å².